The van der Waals surface area contributed by atoms with Crippen LogP contribution in [0.15, 0.2) is 47.7 Å². The lowest BCUT2D eigenvalue weighted by atomic mass is 10.1. The summed E-state index contributed by atoms with van der Waals surface area (Å²) < 4.78 is 8.70. The number of hydrogen-bond donors (Lipinski definition) is 0. The van der Waals surface area contributed by atoms with Gasteiger partial charge < -0.3 is 9.30 Å². The second-order valence-corrected chi connectivity index (χ2v) is 5.99. The minimum absolute atomic E-state index is 0.135. The summed E-state index contributed by atoms with van der Waals surface area (Å²) >= 11 is 12.5. The van der Waals surface area contributed by atoms with Crippen LogP contribution in [0, 0.1) is 0 Å². The van der Waals surface area contributed by atoms with Crippen LogP contribution >= 0.6 is 23.2 Å². The molecule has 0 saturated carbocycles. The number of benzene rings is 1. The lowest BCUT2D eigenvalue weighted by Gasteiger charge is -2.10. The lowest BCUT2D eigenvalue weighted by Crippen LogP contribution is -2.15. The Labute approximate surface area is 149 Å². The summed E-state index contributed by atoms with van der Waals surface area (Å²) in [5.41, 5.74) is 2.04. The molecule has 1 aromatic carbocycles. The maximum atomic E-state index is 11.8. The van der Waals surface area contributed by atoms with E-state index in [1.54, 1.807) is 48.5 Å². The molecule has 0 saturated heterocycles. The molecule has 0 aliphatic heterocycles. The van der Waals surface area contributed by atoms with Gasteiger partial charge in [0.2, 0.25) is 0 Å². The first-order valence-electron chi connectivity index (χ1n) is 7.34. The fraction of sp³-hybridized carbons (Fsp3) is 0.176. The smallest absolute Gasteiger partial charge is 0.254 e. The molecule has 7 heteroatoms. The second kappa shape index (κ2) is 6.71. The van der Waals surface area contributed by atoms with Crippen molar-refractivity contribution in [2.75, 3.05) is 6.61 Å². The van der Waals surface area contributed by atoms with E-state index < -0.39 is 0 Å². The Morgan fingerprint density at radius 3 is 2.58 bits per heavy atom. The highest BCUT2D eigenvalue weighted by molar-refractivity contribution is 6.37. The third-order valence-corrected chi connectivity index (χ3v) is 4.16. The average Bonchev–Trinajstić information content (AvgIpc) is 3.00. The van der Waals surface area contributed by atoms with E-state index in [2.05, 4.69) is 5.10 Å². The first-order valence-corrected chi connectivity index (χ1v) is 8.09. The Morgan fingerprint density at radius 2 is 1.92 bits per heavy atom. The minimum Gasteiger partial charge on any atom is -0.493 e. The van der Waals surface area contributed by atoms with Crippen LogP contribution in [-0.4, -0.2) is 21.0 Å². The number of hydrogen-bond acceptors (Lipinski definition) is 3. The highest BCUT2D eigenvalue weighted by Gasteiger charge is 2.14. The van der Waals surface area contributed by atoms with Gasteiger partial charge in [0.1, 0.15) is 11.4 Å². The molecule has 0 unspecified atom stereocenters. The molecule has 0 fully saturated rings. The van der Waals surface area contributed by atoms with E-state index >= 15 is 0 Å². The summed E-state index contributed by atoms with van der Waals surface area (Å²) in [4.78, 5) is 11.8. The number of nitrogens with zero attached hydrogens (tertiary/aromatic N) is 3. The van der Waals surface area contributed by atoms with E-state index in [9.17, 15) is 4.79 Å². The van der Waals surface area contributed by atoms with Gasteiger partial charge in [0.25, 0.3) is 5.56 Å². The molecular weight excluding hydrogens is 349 g/mol. The van der Waals surface area contributed by atoms with Gasteiger partial charge in [-0.25, -0.2) is 4.68 Å². The Hall–Kier alpha value is -2.24. The van der Waals surface area contributed by atoms with Crippen LogP contribution in [0.25, 0.3) is 16.8 Å². The largest absolute Gasteiger partial charge is 0.493 e. The molecule has 3 aromatic rings. The highest BCUT2D eigenvalue weighted by atomic mass is 35.5. The standard InChI is InChI=1S/C17H15Cl2N3O2/c1-3-24-15-7-16(23)21(2)10-12(15)11-8-20-22(9-11)17-13(18)5-4-6-14(17)19/h4-10H,3H2,1-2H3. The topological polar surface area (TPSA) is 49.1 Å². The third kappa shape index (κ3) is 3.05. The summed E-state index contributed by atoms with van der Waals surface area (Å²) in [6.07, 6.45) is 5.21. The van der Waals surface area contributed by atoms with E-state index in [4.69, 9.17) is 27.9 Å². The SMILES string of the molecule is CCOc1cc(=O)n(C)cc1-c1cnn(-c2c(Cl)cccc2Cl)c1. The maximum absolute atomic E-state index is 11.8. The predicted octanol–water partition coefficient (Wildman–Crippen LogP) is 3.94. The zero-order valence-corrected chi connectivity index (χ0v) is 14.7. The highest BCUT2D eigenvalue weighted by Crippen LogP contribution is 2.32. The minimum atomic E-state index is -0.135. The normalized spacial score (nSPS) is 10.8. The maximum Gasteiger partial charge on any atom is 0.254 e. The molecule has 2 aromatic heterocycles. The number of aryl methyl sites for hydroxylation is 1. The van der Waals surface area contributed by atoms with Crippen LogP contribution in [-0.2, 0) is 7.05 Å². The van der Waals surface area contributed by atoms with E-state index in [0.717, 1.165) is 11.1 Å². The molecule has 0 amide bonds. The number of ether oxygens (including phenoxy) is 1. The van der Waals surface area contributed by atoms with E-state index in [-0.39, 0.29) is 5.56 Å². The van der Waals surface area contributed by atoms with Gasteiger partial charge in [0.15, 0.2) is 0 Å². The van der Waals surface area contributed by atoms with Gasteiger partial charge in [-0.05, 0) is 19.1 Å². The molecule has 2 heterocycles. The van der Waals surface area contributed by atoms with Crippen molar-refractivity contribution in [2.45, 2.75) is 6.92 Å². The van der Waals surface area contributed by atoms with Gasteiger partial charge in [-0.3, -0.25) is 4.79 Å². The molecule has 0 radical (unpaired) electrons. The Bertz CT molecular complexity index is 927. The second-order valence-electron chi connectivity index (χ2n) is 5.18. The zero-order chi connectivity index (χ0) is 17.3. The molecule has 0 atom stereocenters. The summed E-state index contributed by atoms with van der Waals surface area (Å²) in [6.45, 7) is 2.33. The first kappa shape index (κ1) is 16.6. The van der Waals surface area contributed by atoms with Crippen LogP contribution in [0.5, 0.6) is 5.75 Å². The molecule has 0 N–H and O–H groups in total. The van der Waals surface area contributed by atoms with E-state index in [1.807, 2.05) is 6.92 Å². The van der Waals surface area contributed by atoms with Crippen molar-refractivity contribution in [3.05, 3.63) is 63.3 Å². The number of rotatable bonds is 4. The number of halogens is 2. The molecule has 0 bridgehead atoms. The monoisotopic (exact) mass is 363 g/mol. The summed E-state index contributed by atoms with van der Waals surface area (Å²) in [5, 5.41) is 5.35. The third-order valence-electron chi connectivity index (χ3n) is 3.55. The molecule has 24 heavy (non-hydrogen) atoms. The Balaban J connectivity index is 2.12. The summed E-state index contributed by atoms with van der Waals surface area (Å²) in [5.74, 6) is 0.519. The van der Waals surface area contributed by atoms with Crippen molar-refractivity contribution in [1.29, 1.82) is 0 Å². The van der Waals surface area contributed by atoms with E-state index in [0.29, 0.717) is 28.1 Å². The van der Waals surface area contributed by atoms with Crippen LogP contribution in [0.1, 0.15) is 6.92 Å². The molecule has 0 aliphatic carbocycles. The Morgan fingerprint density at radius 1 is 1.21 bits per heavy atom. The number of para-hydroxylation sites is 1. The van der Waals surface area contributed by atoms with Crippen LogP contribution in [0.2, 0.25) is 10.0 Å². The van der Waals surface area contributed by atoms with Crippen molar-refractivity contribution in [2.24, 2.45) is 7.05 Å². The molecule has 124 valence electrons. The zero-order valence-electron chi connectivity index (χ0n) is 13.2. The van der Waals surface area contributed by atoms with Crippen molar-refractivity contribution >= 4 is 23.2 Å². The van der Waals surface area contributed by atoms with Crippen LogP contribution < -0.4 is 10.3 Å². The Kier molecular flexibility index (Phi) is 4.64. The molecule has 5 nitrogen and oxygen atoms in total. The molecule has 3 rings (SSSR count). The quantitative estimate of drug-likeness (QED) is 0.705. The van der Waals surface area contributed by atoms with Crippen LogP contribution in [0.3, 0.4) is 0 Å². The summed E-state index contributed by atoms with van der Waals surface area (Å²) in [6, 6.07) is 6.75. The number of aromatic nitrogens is 3. The van der Waals surface area contributed by atoms with Crippen molar-refractivity contribution in [1.82, 2.24) is 14.3 Å². The lowest BCUT2D eigenvalue weighted by molar-refractivity contribution is 0.340. The van der Waals surface area contributed by atoms with Crippen LogP contribution in [0.4, 0.5) is 0 Å². The molecule has 0 spiro atoms. The predicted molar refractivity (Wildman–Crippen MR) is 95.4 cm³/mol. The fourth-order valence-corrected chi connectivity index (χ4v) is 2.97. The van der Waals surface area contributed by atoms with Gasteiger partial charge in [-0.1, -0.05) is 29.3 Å². The van der Waals surface area contributed by atoms with Gasteiger partial charge in [0.05, 0.1) is 22.8 Å². The first-order chi connectivity index (χ1) is 11.5. The fourth-order valence-electron chi connectivity index (χ4n) is 2.40. The van der Waals surface area contributed by atoms with Crippen molar-refractivity contribution < 1.29 is 4.74 Å². The van der Waals surface area contributed by atoms with E-state index in [1.165, 1.54) is 10.6 Å². The summed E-state index contributed by atoms with van der Waals surface area (Å²) in [7, 11) is 1.69. The van der Waals surface area contributed by atoms with Crippen molar-refractivity contribution in [3.8, 4) is 22.6 Å². The van der Waals surface area contributed by atoms with Crippen molar-refractivity contribution in [3.63, 3.8) is 0 Å². The molecule has 0 aliphatic rings. The van der Waals surface area contributed by atoms with Gasteiger partial charge in [-0.15, -0.1) is 0 Å². The average molecular weight is 364 g/mol. The number of pyridine rings is 1. The van der Waals surface area contributed by atoms with Gasteiger partial charge in [-0.2, -0.15) is 5.10 Å². The van der Waals surface area contributed by atoms with Gasteiger partial charge >= 0.3 is 0 Å². The van der Waals surface area contributed by atoms with Gasteiger partial charge in [0, 0.05) is 36.6 Å². The molecular formula is C17H15Cl2N3O2.